The van der Waals surface area contributed by atoms with Crippen LogP contribution in [0.5, 0.6) is 0 Å². The molecule has 1 heterocycles. The molecule has 0 radical (unpaired) electrons. The highest BCUT2D eigenvalue weighted by Gasteiger charge is 2.18. The van der Waals surface area contributed by atoms with Gasteiger partial charge in [0.15, 0.2) is 0 Å². The zero-order valence-corrected chi connectivity index (χ0v) is 30.8. The fraction of sp³-hybridized carbons (Fsp3) is 0. The maximum absolute atomic E-state index is 2.38. The Bertz CT molecular complexity index is 2910. The fourth-order valence-corrected chi connectivity index (χ4v) is 8.10. The third kappa shape index (κ3) is 6.14. The second kappa shape index (κ2) is 14.4. The summed E-state index contributed by atoms with van der Waals surface area (Å²) in [6.07, 6.45) is 0. The number of anilines is 3. The van der Waals surface area contributed by atoms with Crippen LogP contribution in [-0.4, -0.2) is 4.57 Å². The van der Waals surface area contributed by atoms with E-state index in [4.69, 9.17) is 0 Å². The predicted octanol–water partition coefficient (Wildman–Crippen LogP) is 14.9. The fourth-order valence-electron chi connectivity index (χ4n) is 8.10. The molecule has 0 N–H and O–H groups in total. The van der Waals surface area contributed by atoms with Crippen LogP contribution < -0.4 is 4.90 Å². The Balaban J connectivity index is 1.06. The minimum absolute atomic E-state index is 1.09. The highest BCUT2D eigenvalue weighted by molar-refractivity contribution is 6.15. The van der Waals surface area contributed by atoms with E-state index in [1.807, 2.05) is 0 Å². The van der Waals surface area contributed by atoms with Crippen LogP contribution in [0.25, 0.3) is 72.0 Å². The topological polar surface area (TPSA) is 8.17 Å². The highest BCUT2D eigenvalue weighted by Crippen LogP contribution is 2.41. The van der Waals surface area contributed by atoms with Crippen molar-refractivity contribution in [3.8, 4) is 50.2 Å². The summed E-state index contributed by atoms with van der Waals surface area (Å²) in [6, 6.07) is 82.9. The Kier molecular flexibility index (Phi) is 8.55. The van der Waals surface area contributed by atoms with Crippen LogP contribution in [-0.2, 0) is 0 Å². The zero-order valence-electron chi connectivity index (χ0n) is 30.8. The molecule has 0 atom stereocenters. The molecular weight excluding hydrogens is 677 g/mol. The lowest BCUT2D eigenvalue weighted by molar-refractivity contribution is 1.18. The van der Waals surface area contributed by atoms with Gasteiger partial charge >= 0.3 is 0 Å². The van der Waals surface area contributed by atoms with Crippen molar-refractivity contribution in [2.45, 2.75) is 0 Å². The maximum Gasteiger partial charge on any atom is 0.0547 e. The highest BCUT2D eigenvalue weighted by atomic mass is 15.1. The third-order valence-corrected chi connectivity index (χ3v) is 10.8. The van der Waals surface area contributed by atoms with Gasteiger partial charge in [-0.15, -0.1) is 0 Å². The molecule has 2 heteroatoms. The number of benzene rings is 9. The van der Waals surface area contributed by atoms with Gasteiger partial charge in [0, 0.05) is 33.5 Å². The van der Waals surface area contributed by atoms with Crippen molar-refractivity contribution in [3.63, 3.8) is 0 Å². The standard InChI is InChI=1S/C54H38N2/c1-4-14-39(15-5-1)41-26-28-43(29-27-41)45-18-12-21-49(38-45)55(47-34-30-42(31-35-47)40-16-6-2-7-17-40)48-36-32-44(33-37-48)50-23-13-25-53-54(50)51-22-10-11-24-52(51)56(53)46-19-8-3-9-20-46/h1-38H. The van der Waals surface area contributed by atoms with Crippen LogP contribution >= 0.6 is 0 Å². The number of hydrogen-bond donors (Lipinski definition) is 0. The lowest BCUT2D eigenvalue weighted by Gasteiger charge is -2.26. The summed E-state index contributed by atoms with van der Waals surface area (Å²) >= 11 is 0. The molecule has 0 bridgehead atoms. The van der Waals surface area contributed by atoms with Crippen molar-refractivity contribution in [3.05, 3.63) is 231 Å². The number of nitrogens with zero attached hydrogens (tertiary/aromatic N) is 2. The molecule has 0 unspecified atom stereocenters. The van der Waals surface area contributed by atoms with Gasteiger partial charge in [0.25, 0.3) is 0 Å². The molecule has 0 saturated heterocycles. The summed E-state index contributed by atoms with van der Waals surface area (Å²) < 4.78 is 2.38. The molecule has 10 aromatic rings. The molecule has 264 valence electrons. The van der Waals surface area contributed by atoms with Gasteiger partial charge in [0.1, 0.15) is 0 Å². The number of para-hydroxylation sites is 2. The molecule has 0 aliphatic carbocycles. The Hall–Kier alpha value is -7.42. The van der Waals surface area contributed by atoms with Crippen molar-refractivity contribution < 1.29 is 0 Å². The largest absolute Gasteiger partial charge is 0.310 e. The first-order chi connectivity index (χ1) is 27.8. The van der Waals surface area contributed by atoms with Crippen LogP contribution in [0.4, 0.5) is 17.1 Å². The normalized spacial score (nSPS) is 11.2. The first-order valence-corrected chi connectivity index (χ1v) is 19.2. The SMILES string of the molecule is c1ccc(-c2ccc(-c3cccc(N(c4ccc(-c5ccccc5)cc4)c4ccc(-c5cccc6c5c5ccccc5n6-c5ccccc5)cc4)c3)cc2)cc1. The van der Waals surface area contributed by atoms with Crippen LogP contribution in [0.1, 0.15) is 0 Å². The van der Waals surface area contributed by atoms with E-state index in [1.165, 1.54) is 66.3 Å². The summed E-state index contributed by atoms with van der Waals surface area (Å²) in [5.74, 6) is 0. The van der Waals surface area contributed by atoms with Gasteiger partial charge < -0.3 is 9.47 Å². The predicted molar refractivity (Wildman–Crippen MR) is 237 cm³/mol. The van der Waals surface area contributed by atoms with E-state index >= 15 is 0 Å². The van der Waals surface area contributed by atoms with Crippen molar-refractivity contribution in [1.82, 2.24) is 4.57 Å². The first kappa shape index (κ1) is 33.2. The van der Waals surface area contributed by atoms with Gasteiger partial charge in [-0.3, -0.25) is 0 Å². The molecule has 1 aromatic heterocycles. The molecule has 10 rings (SSSR count). The number of rotatable bonds is 8. The Morgan fingerprint density at radius 1 is 0.286 bits per heavy atom. The molecule has 0 fully saturated rings. The summed E-state index contributed by atoms with van der Waals surface area (Å²) in [5.41, 5.74) is 16.5. The summed E-state index contributed by atoms with van der Waals surface area (Å²) in [4.78, 5) is 2.36. The van der Waals surface area contributed by atoms with Gasteiger partial charge in [0.05, 0.1) is 11.0 Å². The molecule has 0 saturated carbocycles. The first-order valence-electron chi connectivity index (χ1n) is 19.2. The minimum atomic E-state index is 1.09. The molecular formula is C54H38N2. The quantitative estimate of drug-likeness (QED) is 0.152. The molecule has 2 nitrogen and oxygen atoms in total. The van der Waals surface area contributed by atoms with Crippen LogP contribution in [0, 0.1) is 0 Å². The third-order valence-electron chi connectivity index (χ3n) is 10.8. The molecule has 0 aliphatic heterocycles. The molecule has 0 spiro atoms. The number of hydrogen-bond acceptors (Lipinski definition) is 1. The number of fused-ring (bicyclic) bond motifs is 3. The van der Waals surface area contributed by atoms with Crippen LogP contribution in [0.3, 0.4) is 0 Å². The Morgan fingerprint density at radius 3 is 1.36 bits per heavy atom. The van der Waals surface area contributed by atoms with Gasteiger partial charge in [-0.05, 0) is 105 Å². The van der Waals surface area contributed by atoms with E-state index in [2.05, 4.69) is 240 Å². The monoisotopic (exact) mass is 714 g/mol. The van der Waals surface area contributed by atoms with E-state index in [9.17, 15) is 0 Å². The lowest BCUT2D eigenvalue weighted by Crippen LogP contribution is -2.10. The summed E-state index contributed by atoms with van der Waals surface area (Å²) in [6.45, 7) is 0. The van der Waals surface area contributed by atoms with Crippen molar-refractivity contribution >= 4 is 38.9 Å². The minimum Gasteiger partial charge on any atom is -0.310 e. The van der Waals surface area contributed by atoms with E-state index in [1.54, 1.807) is 0 Å². The summed E-state index contributed by atoms with van der Waals surface area (Å²) in [5, 5.41) is 2.51. The Labute approximate surface area is 327 Å². The summed E-state index contributed by atoms with van der Waals surface area (Å²) in [7, 11) is 0. The lowest BCUT2D eigenvalue weighted by atomic mass is 9.98. The van der Waals surface area contributed by atoms with Gasteiger partial charge in [-0.1, -0.05) is 170 Å². The molecule has 9 aromatic carbocycles. The molecule has 0 aliphatic rings. The van der Waals surface area contributed by atoms with E-state index in [0.29, 0.717) is 0 Å². The van der Waals surface area contributed by atoms with Gasteiger partial charge in [0.2, 0.25) is 0 Å². The number of aromatic nitrogens is 1. The Morgan fingerprint density at radius 2 is 0.732 bits per heavy atom. The van der Waals surface area contributed by atoms with Gasteiger partial charge in [-0.25, -0.2) is 0 Å². The smallest absolute Gasteiger partial charge is 0.0547 e. The molecule has 0 amide bonds. The van der Waals surface area contributed by atoms with E-state index in [0.717, 1.165) is 22.7 Å². The van der Waals surface area contributed by atoms with Crippen molar-refractivity contribution in [2.24, 2.45) is 0 Å². The van der Waals surface area contributed by atoms with E-state index in [-0.39, 0.29) is 0 Å². The zero-order chi connectivity index (χ0) is 37.3. The average molecular weight is 715 g/mol. The molecule has 56 heavy (non-hydrogen) atoms. The second-order valence-corrected chi connectivity index (χ2v) is 14.2. The van der Waals surface area contributed by atoms with Crippen LogP contribution in [0.15, 0.2) is 231 Å². The van der Waals surface area contributed by atoms with Crippen molar-refractivity contribution in [1.29, 1.82) is 0 Å². The van der Waals surface area contributed by atoms with Crippen LogP contribution in [0.2, 0.25) is 0 Å². The average Bonchev–Trinajstić information content (AvgIpc) is 3.63. The van der Waals surface area contributed by atoms with Gasteiger partial charge in [-0.2, -0.15) is 0 Å². The van der Waals surface area contributed by atoms with E-state index < -0.39 is 0 Å². The second-order valence-electron chi connectivity index (χ2n) is 14.2. The maximum atomic E-state index is 2.38. The van der Waals surface area contributed by atoms with Crippen molar-refractivity contribution in [2.75, 3.05) is 4.90 Å².